The van der Waals surface area contributed by atoms with Crippen molar-refractivity contribution in [1.29, 1.82) is 0 Å². The number of hydrogen-bond acceptors (Lipinski definition) is 3. The fourth-order valence-electron chi connectivity index (χ4n) is 1.62. The van der Waals surface area contributed by atoms with Crippen molar-refractivity contribution in [3.63, 3.8) is 0 Å². The average molecular weight is 291 g/mol. The van der Waals surface area contributed by atoms with E-state index in [-0.39, 0.29) is 16.1 Å². The Labute approximate surface area is 120 Å². The zero-order valence-corrected chi connectivity index (χ0v) is 11.3. The molecule has 0 atom stereocenters. The molecule has 0 saturated carbocycles. The van der Waals surface area contributed by atoms with Gasteiger partial charge in [-0.3, -0.25) is 9.78 Å². The molecule has 1 aromatic carbocycles. The Morgan fingerprint density at radius 1 is 1.30 bits per heavy atom. The van der Waals surface area contributed by atoms with E-state index in [9.17, 15) is 9.59 Å². The standard InChI is InChI=1S/C14H11ClN2O3/c1-8-2-3-9(14(19)20)6-12(8)17-13(18)10-7-16-5-4-11(10)15/h2-7H,1H3,(H,17,18)(H,19,20). The third kappa shape index (κ3) is 2.95. The zero-order valence-electron chi connectivity index (χ0n) is 10.6. The van der Waals surface area contributed by atoms with Crippen LogP contribution < -0.4 is 5.32 Å². The summed E-state index contributed by atoms with van der Waals surface area (Å²) in [5.74, 6) is -1.49. The van der Waals surface area contributed by atoms with Crippen molar-refractivity contribution in [2.75, 3.05) is 5.32 Å². The van der Waals surface area contributed by atoms with Crippen molar-refractivity contribution in [2.45, 2.75) is 6.92 Å². The van der Waals surface area contributed by atoms with Crippen molar-refractivity contribution in [2.24, 2.45) is 0 Å². The number of anilines is 1. The number of carbonyl (C=O) groups is 2. The van der Waals surface area contributed by atoms with Crippen LogP contribution >= 0.6 is 11.6 Å². The summed E-state index contributed by atoms with van der Waals surface area (Å²) in [6.07, 6.45) is 2.84. The van der Waals surface area contributed by atoms with E-state index in [0.717, 1.165) is 5.56 Å². The lowest BCUT2D eigenvalue weighted by Gasteiger charge is -2.10. The van der Waals surface area contributed by atoms with Crippen LogP contribution in [-0.4, -0.2) is 22.0 Å². The Morgan fingerprint density at radius 2 is 2.05 bits per heavy atom. The summed E-state index contributed by atoms with van der Waals surface area (Å²) >= 11 is 5.91. The second kappa shape index (κ2) is 5.71. The summed E-state index contributed by atoms with van der Waals surface area (Å²) in [6, 6.07) is 6.02. The van der Waals surface area contributed by atoms with Gasteiger partial charge in [-0.2, -0.15) is 0 Å². The Balaban J connectivity index is 2.30. The summed E-state index contributed by atoms with van der Waals surface area (Å²) in [7, 11) is 0. The average Bonchev–Trinajstić information content (AvgIpc) is 2.41. The molecule has 1 heterocycles. The van der Waals surface area contributed by atoms with Gasteiger partial charge in [-0.15, -0.1) is 0 Å². The number of amides is 1. The van der Waals surface area contributed by atoms with Crippen LogP contribution in [0.15, 0.2) is 36.7 Å². The smallest absolute Gasteiger partial charge is 0.335 e. The van der Waals surface area contributed by atoms with Crippen molar-refractivity contribution in [3.05, 3.63) is 58.4 Å². The second-order valence-electron chi connectivity index (χ2n) is 4.14. The molecule has 0 fully saturated rings. The van der Waals surface area contributed by atoms with E-state index in [1.165, 1.54) is 30.6 Å². The molecule has 0 spiro atoms. The van der Waals surface area contributed by atoms with Gasteiger partial charge in [-0.05, 0) is 30.7 Å². The number of benzene rings is 1. The SMILES string of the molecule is Cc1ccc(C(=O)O)cc1NC(=O)c1cnccc1Cl. The van der Waals surface area contributed by atoms with Crippen molar-refractivity contribution >= 4 is 29.2 Å². The quantitative estimate of drug-likeness (QED) is 0.911. The highest BCUT2D eigenvalue weighted by Crippen LogP contribution is 2.20. The van der Waals surface area contributed by atoms with E-state index < -0.39 is 11.9 Å². The highest BCUT2D eigenvalue weighted by atomic mass is 35.5. The number of rotatable bonds is 3. The van der Waals surface area contributed by atoms with Gasteiger partial charge in [0.2, 0.25) is 0 Å². The molecule has 0 unspecified atom stereocenters. The van der Waals surface area contributed by atoms with Crippen molar-refractivity contribution < 1.29 is 14.7 Å². The molecule has 20 heavy (non-hydrogen) atoms. The molecule has 2 rings (SSSR count). The topological polar surface area (TPSA) is 79.3 Å². The predicted octanol–water partition coefficient (Wildman–Crippen LogP) is 2.99. The number of nitrogens with one attached hydrogen (secondary N) is 1. The minimum atomic E-state index is -1.06. The number of nitrogens with zero attached hydrogens (tertiary/aromatic N) is 1. The first-order chi connectivity index (χ1) is 9.49. The van der Waals surface area contributed by atoms with Gasteiger partial charge < -0.3 is 10.4 Å². The Bertz CT molecular complexity index is 686. The van der Waals surface area contributed by atoms with Crippen LogP contribution in [0.1, 0.15) is 26.3 Å². The summed E-state index contributed by atoms with van der Waals surface area (Å²) in [5, 5.41) is 11.9. The van der Waals surface area contributed by atoms with Crippen LogP contribution in [0.25, 0.3) is 0 Å². The van der Waals surface area contributed by atoms with Crippen LogP contribution in [-0.2, 0) is 0 Å². The van der Waals surface area contributed by atoms with Crippen molar-refractivity contribution in [1.82, 2.24) is 4.98 Å². The van der Waals surface area contributed by atoms with E-state index in [2.05, 4.69) is 10.3 Å². The molecular formula is C14H11ClN2O3. The molecule has 5 nitrogen and oxygen atoms in total. The first-order valence-electron chi connectivity index (χ1n) is 5.74. The maximum atomic E-state index is 12.1. The van der Waals surface area contributed by atoms with Crippen LogP contribution in [0.5, 0.6) is 0 Å². The second-order valence-corrected chi connectivity index (χ2v) is 4.55. The molecule has 6 heteroatoms. The minimum Gasteiger partial charge on any atom is -0.478 e. The van der Waals surface area contributed by atoms with Crippen LogP contribution in [0.4, 0.5) is 5.69 Å². The van der Waals surface area contributed by atoms with E-state index in [0.29, 0.717) is 5.69 Å². The number of carbonyl (C=O) groups excluding carboxylic acids is 1. The molecule has 0 radical (unpaired) electrons. The minimum absolute atomic E-state index is 0.100. The fourth-order valence-corrected chi connectivity index (χ4v) is 1.81. The monoisotopic (exact) mass is 290 g/mol. The predicted molar refractivity (Wildman–Crippen MR) is 75.3 cm³/mol. The van der Waals surface area contributed by atoms with Gasteiger partial charge in [0, 0.05) is 18.1 Å². The van der Waals surface area contributed by atoms with E-state index in [1.54, 1.807) is 13.0 Å². The van der Waals surface area contributed by atoms with Gasteiger partial charge >= 0.3 is 5.97 Å². The molecule has 102 valence electrons. The number of carboxylic acids is 1. The lowest BCUT2D eigenvalue weighted by atomic mass is 10.1. The van der Waals surface area contributed by atoms with Crippen LogP contribution in [0.3, 0.4) is 0 Å². The number of aryl methyl sites for hydroxylation is 1. The van der Waals surface area contributed by atoms with Crippen LogP contribution in [0.2, 0.25) is 5.02 Å². The molecule has 2 aromatic rings. The maximum Gasteiger partial charge on any atom is 0.335 e. The summed E-state index contributed by atoms with van der Waals surface area (Å²) in [6.45, 7) is 1.77. The molecule has 0 aliphatic carbocycles. The summed E-state index contributed by atoms with van der Waals surface area (Å²) in [4.78, 5) is 26.9. The Morgan fingerprint density at radius 3 is 2.70 bits per heavy atom. The molecular weight excluding hydrogens is 280 g/mol. The normalized spacial score (nSPS) is 10.1. The van der Waals surface area contributed by atoms with Gasteiger partial charge in [0.05, 0.1) is 16.1 Å². The summed E-state index contributed by atoms with van der Waals surface area (Å²) in [5.41, 5.74) is 1.51. The third-order valence-corrected chi connectivity index (χ3v) is 3.07. The van der Waals surface area contributed by atoms with Gasteiger partial charge in [0.1, 0.15) is 0 Å². The first kappa shape index (κ1) is 14.0. The van der Waals surface area contributed by atoms with Crippen LogP contribution in [0, 0.1) is 6.92 Å². The maximum absolute atomic E-state index is 12.1. The van der Waals surface area contributed by atoms with Gasteiger partial charge in [-0.25, -0.2) is 4.79 Å². The molecule has 1 aromatic heterocycles. The highest BCUT2D eigenvalue weighted by molar-refractivity contribution is 6.34. The lowest BCUT2D eigenvalue weighted by molar-refractivity contribution is 0.0696. The van der Waals surface area contributed by atoms with E-state index in [1.807, 2.05) is 0 Å². The molecule has 1 amide bonds. The Hall–Kier alpha value is -2.40. The highest BCUT2D eigenvalue weighted by Gasteiger charge is 2.13. The van der Waals surface area contributed by atoms with Gasteiger partial charge in [-0.1, -0.05) is 17.7 Å². The molecule has 0 bridgehead atoms. The fraction of sp³-hybridized carbons (Fsp3) is 0.0714. The number of halogens is 1. The molecule has 0 aliphatic heterocycles. The number of aromatic nitrogens is 1. The largest absolute Gasteiger partial charge is 0.478 e. The Kier molecular flexibility index (Phi) is 4.00. The number of aromatic carboxylic acids is 1. The molecule has 2 N–H and O–H groups in total. The first-order valence-corrected chi connectivity index (χ1v) is 6.11. The van der Waals surface area contributed by atoms with Gasteiger partial charge in [0.15, 0.2) is 0 Å². The molecule has 0 saturated heterocycles. The number of hydrogen-bond donors (Lipinski definition) is 2. The zero-order chi connectivity index (χ0) is 14.7. The number of carboxylic acid groups (broad SMARTS) is 1. The van der Waals surface area contributed by atoms with E-state index >= 15 is 0 Å². The van der Waals surface area contributed by atoms with E-state index in [4.69, 9.17) is 16.7 Å². The molecule has 0 aliphatic rings. The van der Waals surface area contributed by atoms with Gasteiger partial charge in [0.25, 0.3) is 5.91 Å². The van der Waals surface area contributed by atoms with Crippen molar-refractivity contribution in [3.8, 4) is 0 Å². The lowest BCUT2D eigenvalue weighted by Crippen LogP contribution is -2.14. The summed E-state index contributed by atoms with van der Waals surface area (Å²) < 4.78 is 0. The number of pyridine rings is 1. The third-order valence-electron chi connectivity index (χ3n) is 2.75.